The highest BCUT2D eigenvalue weighted by atomic mass is 16.7. The minimum Gasteiger partial charge on any atom is -0.497 e. The maximum Gasteiger partial charge on any atom is 0.254 e. The van der Waals surface area contributed by atoms with Gasteiger partial charge in [-0.1, -0.05) is 12.1 Å². The smallest absolute Gasteiger partial charge is 0.254 e. The van der Waals surface area contributed by atoms with E-state index in [9.17, 15) is 4.79 Å². The number of nitrogens with one attached hydrogen (secondary N) is 2. The van der Waals surface area contributed by atoms with Crippen LogP contribution in [0.25, 0.3) is 0 Å². The number of carbonyl (C=O) groups is 1. The zero-order valence-electron chi connectivity index (χ0n) is 15.1. The summed E-state index contributed by atoms with van der Waals surface area (Å²) in [5.41, 5.74) is 2.11. The number of nitrogens with zero attached hydrogens (tertiary/aromatic N) is 2. The van der Waals surface area contributed by atoms with E-state index in [0.29, 0.717) is 29.6 Å². The third-order valence-electron chi connectivity index (χ3n) is 4.15. The number of fused-ring (bicyclic) bond motifs is 1. The van der Waals surface area contributed by atoms with Gasteiger partial charge in [0.05, 0.1) is 12.7 Å². The molecule has 0 radical (unpaired) electrons. The van der Waals surface area contributed by atoms with Crippen LogP contribution in [0.5, 0.6) is 17.2 Å². The molecule has 0 aliphatic carbocycles. The molecule has 142 valence electrons. The maximum absolute atomic E-state index is 12.3. The van der Waals surface area contributed by atoms with Crippen molar-refractivity contribution in [1.29, 1.82) is 0 Å². The molecule has 4 rings (SSSR count). The Labute approximate surface area is 161 Å². The first-order valence-corrected chi connectivity index (χ1v) is 8.61. The molecule has 1 aromatic heterocycles. The molecule has 0 saturated carbocycles. The standard InChI is InChI=1S/C20H18N4O4/c1-26-16-5-2-13(3-6-16)9-21-19(25)14-10-22-20(23-11-14)24-15-4-7-17-18(8-15)28-12-27-17/h2-8,10-11H,9,12H2,1H3,(H,21,25)(H,22,23,24). The summed E-state index contributed by atoms with van der Waals surface area (Å²) in [5, 5.41) is 5.91. The van der Waals surface area contributed by atoms with E-state index in [1.807, 2.05) is 36.4 Å². The number of ether oxygens (including phenoxy) is 3. The molecule has 0 unspecified atom stereocenters. The predicted molar refractivity (Wildman–Crippen MR) is 102 cm³/mol. The van der Waals surface area contributed by atoms with E-state index >= 15 is 0 Å². The molecule has 0 bridgehead atoms. The molecular weight excluding hydrogens is 360 g/mol. The van der Waals surface area contributed by atoms with Crippen LogP contribution in [0.15, 0.2) is 54.9 Å². The minimum atomic E-state index is -0.245. The summed E-state index contributed by atoms with van der Waals surface area (Å²) in [5.74, 6) is 2.28. The van der Waals surface area contributed by atoms with Gasteiger partial charge in [-0.05, 0) is 29.8 Å². The average Bonchev–Trinajstić information content (AvgIpc) is 3.21. The summed E-state index contributed by atoms with van der Waals surface area (Å²) in [4.78, 5) is 20.7. The van der Waals surface area contributed by atoms with Crippen LogP contribution >= 0.6 is 0 Å². The number of rotatable bonds is 6. The van der Waals surface area contributed by atoms with Crippen molar-refractivity contribution in [3.8, 4) is 17.2 Å². The number of anilines is 2. The Balaban J connectivity index is 1.35. The first kappa shape index (κ1) is 17.6. The molecule has 2 N–H and O–H groups in total. The first-order valence-electron chi connectivity index (χ1n) is 8.61. The van der Waals surface area contributed by atoms with Gasteiger partial charge in [-0.3, -0.25) is 4.79 Å². The van der Waals surface area contributed by atoms with Crippen LogP contribution in [-0.2, 0) is 6.54 Å². The number of hydrogen-bond acceptors (Lipinski definition) is 7. The molecule has 8 nitrogen and oxygen atoms in total. The van der Waals surface area contributed by atoms with Crippen LogP contribution < -0.4 is 24.8 Å². The Kier molecular flexibility index (Phi) is 4.92. The molecule has 28 heavy (non-hydrogen) atoms. The van der Waals surface area contributed by atoms with Crippen molar-refractivity contribution in [2.75, 3.05) is 19.2 Å². The third kappa shape index (κ3) is 3.96. The summed E-state index contributed by atoms with van der Waals surface area (Å²) in [6.45, 7) is 0.621. The zero-order valence-corrected chi connectivity index (χ0v) is 15.1. The Bertz CT molecular complexity index is 975. The van der Waals surface area contributed by atoms with E-state index in [-0.39, 0.29) is 12.7 Å². The van der Waals surface area contributed by atoms with Gasteiger partial charge in [0.1, 0.15) is 5.75 Å². The fourth-order valence-electron chi connectivity index (χ4n) is 2.64. The molecule has 2 heterocycles. The number of carbonyl (C=O) groups excluding carboxylic acids is 1. The van der Waals surface area contributed by atoms with Crippen LogP contribution in [-0.4, -0.2) is 29.8 Å². The topological polar surface area (TPSA) is 94.6 Å². The lowest BCUT2D eigenvalue weighted by Crippen LogP contribution is -2.23. The van der Waals surface area contributed by atoms with Gasteiger partial charge in [-0.2, -0.15) is 0 Å². The largest absolute Gasteiger partial charge is 0.497 e. The van der Waals surface area contributed by atoms with Crippen molar-refractivity contribution in [3.05, 3.63) is 66.0 Å². The zero-order chi connectivity index (χ0) is 19.3. The number of hydrogen-bond donors (Lipinski definition) is 2. The quantitative estimate of drug-likeness (QED) is 0.681. The minimum absolute atomic E-state index is 0.218. The Hall–Kier alpha value is -3.81. The van der Waals surface area contributed by atoms with E-state index in [2.05, 4.69) is 20.6 Å². The van der Waals surface area contributed by atoms with Gasteiger partial charge in [0.2, 0.25) is 12.7 Å². The van der Waals surface area contributed by atoms with E-state index in [4.69, 9.17) is 14.2 Å². The SMILES string of the molecule is COc1ccc(CNC(=O)c2cnc(Nc3ccc4c(c3)OCO4)nc2)cc1. The number of methoxy groups -OCH3 is 1. The molecule has 0 spiro atoms. The second-order valence-corrected chi connectivity index (χ2v) is 6.02. The number of amides is 1. The molecule has 1 aliphatic heterocycles. The van der Waals surface area contributed by atoms with Crippen LogP contribution in [0.1, 0.15) is 15.9 Å². The highest BCUT2D eigenvalue weighted by Gasteiger charge is 2.14. The van der Waals surface area contributed by atoms with Gasteiger partial charge >= 0.3 is 0 Å². The Morgan fingerprint density at radius 3 is 2.57 bits per heavy atom. The van der Waals surface area contributed by atoms with Gasteiger partial charge in [-0.25, -0.2) is 9.97 Å². The van der Waals surface area contributed by atoms with Crippen LogP contribution in [0.4, 0.5) is 11.6 Å². The maximum atomic E-state index is 12.3. The third-order valence-corrected chi connectivity index (χ3v) is 4.15. The summed E-state index contributed by atoms with van der Waals surface area (Å²) >= 11 is 0. The van der Waals surface area contributed by atoms with Crippen molar-refractivity contribution < 1.29 is 19.0 Å². The fraction of sp³-hybridized carbons (Fsp3) is 0.150. The normalized spacial score (nSPS) is 11.8. The second kappa shape index (κ2) is 7.83. The molecule has 2 aromatic carbocycles. The van der Waals surface area contributed by atoms with Gasteiger partial charge in [0.25, 0.3) is 5.91 Å². The molecule has 1 aliphatic rings. The second-order valence-electron chi connectivity index (χ2n) is 6.02. The van der Waals surface area contributed by atoms with E-state index in [0.717, 1.165) is 17.0 Å². The van der Waals surface area contributed by atoms with Crippen molar-refractivity contribution in [2.45, 2.75) is 6.54 Å². The van der Waals surface area contributed by atoms with Crippen molar-refractivity contribution in [3.63, 3.8) is 0 Å². The van der Waals surface area contributed by atoms with Crippen LogP contribution in [0, 0.1) is 0 Å². The van der Waals surface area contributed by atoms with E-state index in [1.165, 1.54) is 12.4 Å². The van der Waals surface area contributed by atoms with Gasteiger partial charge < -0.3 is 24.8 Å². The Morgan fingerprint density at radius 1 is 1.07 bits per heavy atom. The van der Waals surface area contributed by atoms with Gasteiger partial charge in [-0.15, -0.1) is 0 Å². The lowest BCUT2D eigenvalue weighted by Gasteiger charge is -2.08. The van der Waals surface area contributed by atoms with Crippen molar-refractivity contribution in [2.24, 2.45) is 0 Å². The molecule has 8 heteroatoms. The van der Waals surface area contributed by atoms with E-state index < -0.39 is 0 Å². The molecule has 1 amide bonds. The summed E-state index contributed by atoms with van der Waals surface area (Å²) < 4.78 is 15.7. The molecular formula is C20H18N4O4. The predicted octanol–water partition coefficient (Wildman–Crippen LogP) is 2.89. The highest BCUT2D eigenvalue weighted by Crippen LogP contribution is 2.34. The monoisotopic (exact) mass is 378 g/mol. The Morgan fingerprint density at radius 2 is 1.82 bits per heavy atom. The van der Waals surface area contributed by atoms with Crippen molar-refractivity contribution in [1.82, 2.24) is 15.3 Å². The number of benzene rings is 2. The molecule has 0 fully saturated rings. The van der Waals surface area contributed by atoms with Crippen LogP contribution in [0.2, 0.25) is 0 Å². The molecule has 0 saturated heterocycles. The van der Waals surface area contributed by atoms with Crippen LogP contribution in [0.3, 0.4) is 0 Å². The van der Waals surface area contributed by atoms with E-state index in [1.54, 1.807) is 13.2 Å². The molecule has 3 aromatic rings. The summed E-state index contributed by atoms with van der Waals surface area (Å²) in [6.07, 6.45) is 2.96. The average molecular weight is 378 g/mol. The lowest BCUT2D eigenvalue weighted by atomic mass is 10.2. The summed E-state index contributed by atoms with van der Waals surface area (Å²) in [6, 6.07) is 12.9. The van der Waals surface area contributed by atoms with Crippen molar-refractivity contribution >= 4 is 17.5 Å². The van der Waals surface area contributed by atoms with Gasteiger partial charge in [0.15, 0.2) is 11.5 Å². The fourth-order valence-corrected chi connectivity index (χ4v) is 2.64. The summed E-state index contributed by atoms with van der Waals surface area (Å²) in [7, 11) is 1.61. The molecule has 0 atom stereocenters. The highest BCUT2D eigenvalue weighted by molar-refractivity contribution is 5.93. The number of aromatic nitrogens is 2. The van der Waals surface area contributed by atoms with Gasteiger partial charge in [0, 0.05) is 30.7 Å². The first-order chi connectivity index (χ1) is 13.7. The lowest BCUT2D eigenvalue weighted by molar-refractivity contribution is 0.0950.